The first-order valence-corrected chi connectivity index (χ1v) is 3.80. The highest BCUT2D eigenvalue weighted by Gasteiger charge is 2.17. The van der Waals surface area contributed by atoms with Crippen molar-refractivity contribution in [1.82, 2.24) is 0 Å². The minimum Gasteiger partial charge on any atom is -0.505 e. The van der Waals surface area contributed by atoms with Crippen LogP contribution in [0, 0.1) is 28.8 Å². The molecule has 74 valence electrons. The summed E-state index contributed by atoms with van der Waals surface area (Å²) >= 11 is 0. The molecule has 0 aliphatic carbocycles. The number of aryl methyl sites for hydroxylation is 1. The molecule has 0 aliphatic rings. The standard InChI is InChI=1S/C9H6F3NO/c10-6-4-5(2-1-3-13)9(14)8(12)7(6)11/h4,14H,1-2H2. The van der Waals surface area contributed by atoms with Crippen molar-refractivity contribution in [2.75, 3.05) is 0 Å². The first kappa shape index (κ1) is 10.4. The molecular weight excluding hydrogens is 195 g/mol. The van der Waals surface area contributed by atoms with E-state index < -0.39 is 23.2 Å². The molecule has 14 heavy (non-hydrogen) atoms. The predicted octanol–water partition coefficient (Wildman–Crippen LogP) is 2.27. The van der Waals surface area contributed by atoms with Gasteiger partial charge in [0.15, 0.2) is 17.4 Å². The van der Waals surface area contributed by atoms with E-state index in [0.29, 0.717) is 6.07 Å². The van der Waals surface area contributed by atoms with Gasteiger partial charge in [-0.3, -0.25) is 0 Å². The molecule has 0 amide bonds. The minimum absolute atomic E-state index is 0.00191. The number of hydrogen-bond donors (Lipinski definition) is 1. The second kappa shape index (κ2) is 4.01. The Hall–Kier alpha value is -1.70. The molecule has 5 heteroatoms. The van der Waals surface area contributed by atoms with Crippen molar-refractivity contribution in [3.63, 3.8) is 0 Å². The third-order valence-electron chi connectivity index (χ3n) is 1.72. The molecule has 0 atom stereocenters. The van der Waals surface area contributed by atoms with Crippen molar-refractivity contribution < 1.29 is 18.3 Å². The number of nitrogens with zero attached hydrogens (tertiary/aromatic N) is 1. The lowest BCUT2D eigenvalue weighted by Crippen LogP contribution is -1.96. The number of halogens is 3. The second-order valence-corrected chi connectivity index (χ2v) is 2.65. The van der Waals surface area contributed by atoms with Crippen LogP contribution < -0.4 is 0 Å². The lowest BCUT2D eigenvalue weighted by molar-refractivity contribution is 0.381. The fraction of sp³-hybridized carbons (Fsp3) is 0.222. The monoisotopic (exact) mass is 201 g/mol. The zero-order valence-electron chi connectivity index (χ0n) is 7.02. The van der Waals surface area contributed by atoms with Crippen LogP contribution in [0.5, 0.6) is 5.75 Å². The summed E-state index contributed by atoms with van der Waals surface area (Å²) in [7, 11) is 0. The van der Waals surface area contributed by atoms with E-state index in [1.807, 2.05) is 0 Å². The summed E-state index contributed by atoms with van der Waals surface area (Å²) in [6.07, 6.45) is -0.0193. The largest absolute Gasteiger partial charge is 0.505 e. The number of aromatic hydroxyl groups is 1. The molecule has 0 aliphatic heterocycles. The molecule has 0 fully saturated rings. The van der Waals surface area contributed by atoms with Crippen LogP contribution in [0.25, 0.3) is 0 Å². The summed E-state index contributed by atoms with van der Waals surface area (Å²) in [5, 5.41) is 17.3. The number of rotatable bonds is 2. The lowest BCUT2D eigenvalue weighted by Gasteiger charge is -2.04. The van der Waals surface area contributed by atoms with Crippen LogP contribution in [0.15, 0.2) is 6.07 Å². The van der Waals surface area contributed by atoms with Gasteiger partial charge in [0.25, 0.3) is 0 Å². The Morgan fingerprint density at radius 1 is 1.29 bits per heavy atom. The quantitative estimate of drug-likeness (QED) is 0.746. The molecule has 1 aromatic rings. The van der Waals surface area contributed by atoms with Crippen molar-refractivity contribution in [2.45, 2.75) is 12.8 Å². The Bertz CT molecular complexity index is 398. The van der Waals surface area contributed by atoms with Crippen molar-refractivity contribution in [3.05, 3.63) is 29.1 Å². The number of nitriles is 1. The first-order valence-electron chi connectivity index (χ1n) is 3.80. The molecule has 1 N–H and O–H groups in total. The highest BCUT2D eigenvalue weighted by Crippen LogP contribution is 2.26. The summed E-state index contributed by atoms with van der Waals surface area (Å²) in [4.78, 5) is 0. The number of hydrogen-bond acceptors (Lipinski definition) is 2. The molecule has 0 spiro atoms. The number of phenols is 1. The van der Waals surface area contributed by atoms with Crippen LogP contribution in [-0.4, -0.2) is 5.11 Å². The third-order valence-corrected chi connectivity index (χ3v) is 1.72. The third kappa shape index (κ3) is 1.79. The van der Waals surface area contributed by atoms with Gasteiger partial charge < -0.3 is 5.11 Å². The molecule has 1 aromatic carbocycles. The van der Waals surface area contributed by atoms with Gasteiger partial charge >= 0.3 is 0 Å². The van der Waals surface area contributed by atoms with E-state index in [4.69, 9.17) is 10.4 Å². The molecule has 0 bridgehead atoms. The van der Waals surface area contributed by atoms with Crippen LogP contribution in [0.2, 0.25) is 0 Å². The Morgan fingerprint density at radius 3 is 2.50 bits per heavy atom. The lowest BCUT2D eigenvalue weighted by atomic mass is 10.1. The molecule has 0 unspecified atom stereocenters. The van der Waals surface area contributed by atoms with Crippen molar-refractivity contribution in [3.8, 4) is 11.8 Å². The van der Waals surface area contributed by atoms with Crippen LogP contribution in [0.4, 0.5) is 13.2 Å². The van der Waals surface area contributed by atoms with Crippen molar-refractivity contribution in [2.24, 2.45) is 0 Å². The summed E-state index contributed by atoms with van der Waals surface area (Å²) in [6.45, 7) is 0. The first-order chi connectivity index (χ1) is 6.57. The molecule has 0 saturated heterocycles. The highest BCUT2D eigenvalue weighted by atomic mass is 19.2. The van der Waals surface area contributed by atoms with Crippen LogP contribution in [0.3, 0.4) is 0 Å². The average Bonchev–Trinajstić information content (AvgIpc) is 2.18. The van der Waals surface area contributed by atoms with Crippen LogP contribution >= 0.6 is 0 Å². The maximum absolute atomic E-state index is 12.7. The molecule has 0 aromatic heterocycles. The molecular formula is C9H6F3NO. The molecule has 2 nitrogen and oxygen atoms in total. The summed E-state index contributed by atoms with van der Waals surface area (Å²) in [5.74, 6) is -5.62. The molecule has 0 saturated carbocycles. The van der Waals surface area contributed by atoms with Gasteiger partial charge in [-0.25, -0.2) is 8.78 Å². The van der Waals surface area contributed by atoms with Gasteiger partial charge in [0.1, 0.15) is 0 Å². The molecule has 0 radical (unpaired) electrons. The number of benzene rings is 1. The topological polar surface area (TPSA) is 44.0 Å². The highest BCUT2D eigenvalue weighted by molar-refractivity contribution is 5.35. The van der Waals surface area contributed by atoms with Crippen molar-refractivity contribution in [1.29, 1.82) is 5.26 Å². The second-order valence-electron chi connectivity index (χ2n) is 2.65. The Labute approximate surface area is 78.2 Å². The maximum atomic E-state index is 12.7. The Kier molecular flexibility index (Phi) is 2.97. The molecule has 1 rings (SSSR count). The Morgan fingerprint density at radius 2 is 1.93 bits per heavy atom. The summed E-state index contributed by atoms with van der Waals surface area (Å²) in [5.41, 5.74) is -0.108. The summed E-state index contributed by atoms with van der Waals surface area (Å²) in [6, 6.07) is 2.43. The smallest absolute Gasteiger partial charge is 0.203 e. The fourth-order valence-electron chi connectivity index (χ4n) is 1.02. The van der Waals surface area contributed by atoms with E-state index in [1.165, 1.54) is 0 Å². The van der Waals surface area contributed by atoms with Gasteiger partial charge in [-0.1, -0.05) is 0 Å². The van der Waals surface area contributed by atoms with Crippen LogP contribution in [-0.2, 0) is 6.42 Å². The van der Waals surface area contributed by atoms with E-state index in [1.54, 1.807) is 6.07 Å². The van der Waals surface area contributed by atoms with E-state index >= 15 is 0 Å². The SMILES string of the molecule is N#CCCc1cc(F)c(F)c(F)c1O. The average molecular weight is 201 g/mol. The van der Waals surface area contributed by atoms with E-state index in [-0.39, 0.29) is 18.4 Å². The fourth-order valence-corrected chi connectivity index (χ4v) is 1.02. The zero-order valence-corrected chi connectivity index (χ0v) is 7.02. The normalized spacial score (nSPS) is 9.86. The number of phenolic OH excluding ortho intramolecular Hbond substituents is 1. The molecule has 0 heterocycles. The van der Waals surface area contributed by atoms with Crippen LogP contribution in [0.1, 0.15) is 12.0 Å². The maximum Gasteiger partial charge on any atom is 0.203 e. The van der Waals surface area contributed by atoms with Crippen molar-refractivity contribution >= 4 is 0 Å². The van der Waals surface area contributed by atoms with Gasteiger partial charge in [0.2, 0.25) is 5.82 Å². The Balaban J connectivity index is 3.14. The predicted molar refractivity (Wildman–Crippen MR) is 41.9 cm³/mol. The van der Waals surface area contributed by atoms with Gasteiger partial charge in [-0.2, -0.15) is 9.65 Å². The van der Waals surface area contributed by atoms with Gasteiger partial charge in [0, 0.05) is 12.0 Å². The summed E-state index contributed by atoms with van der Waals surface area (Å²) < 4.78 is 37.9. The minimum atomic E-state index is -1.71. The van der Waals surface area contributed by atoms with E-state index in [2.05, 4.69) is 0 Å². The van der Waals surface area contributed by atoms with E-state index in [9.17, 15) is 13.2 Å². The zero-order chi connectivity index (χ0) is 10.7. The van der Waals surface area contributed by atoms with Gasteiger partial charge in [0.05, 0.1) is 6.07 Å². The van der Waals surface area contributed by atoms with Gasteiger partial charge in [-0.15, -0.1) is 0 Å². The van der Waals surface area contributed by atoms with Gasteiger partial charge in [-0.05, 0) is 12.5 Å². The van der Waals surface area contributed by atoms with E-state index in [0.717, 1.165) is 0 Å².